The third kappa shape index (κ3) is 5.15. The Morgan fingerprint density at radius 1 is 1.00 bits per heavy atom. The summed E-state index contributed by atoms with van der Waals surface area (Å²) in [6, 6.07) is 4.22. The number of hydrogen-bond acceptors (Lipinski definition) is 4. The quantitative estimate of drug-likeness (QED) is 0.300. The van der Waals surface area contributed by atoms with E-state index >= 15 is 0 Å². The van der Waals surface area contributed by atoms with E-state index in [-0.39, 0.29) is 22.0 Å². The van der Waals surface area contributed by atoms with Gasteiger partial charge in [-0.05, 0) is 30.3 Å². The fourth-order valence-corrected chi connectivity index (χ4v) is 3.21. The zero-order valence-electron chi connectivity index (χ0n) is 15.9. The Bertz CT molecular complexity index is 1250. The van der Waals surface area contributed by atoms with Gasteiger partial charge in [-0.15, -0.1) is 0 Å². The molecule has 3 amide bonds. The SMILES string of the molecule is O=C(NC(=O)c1c(F)cccc1F)Nc1ccc(Cl)c(-c2ncc(C(F)(F)F)cc2Cl)c1O. The van der Waals surface area contributed by atoms with Gasteiger partial charge in [-0.1, -0.05) is 29.3 Å². The van der Waals surface area contributed by atoms with E-state index in [1.165, 1.54) is 6.07 Å². The van der Waals surface area contributed by atoms with Crippen LogP contribution in [0.5, 0.6) is 5.75 Å². The number of nitrogens with zero attached hydrogens (tertiary/aromatic N) is 1. The highest BCUT2D eigenvalue weighted by molar-refractivity contribution is 6.36. The summed E-state index contributed by atoms with van der Waals surface area (Å²) in [5, 5.41) is 13.6. The van der Waals surface area contributed by atoms with E-state index in [0.29, 0.717) is 12.3 Å². The fourth-order valence-electron chi connectivity index (χ4n) is 2.70. The lowest BCUT2D eigenvalue weighted by Crippen LogP contribution is -2.35. The molecule has 172 valence electrons. The first-order chi connectivity index (χ1) is 15.4. The minimum Gasteiger partial charge on any atom is -0.505 e. The number of phenols is 1. The van der Waals surface area contributed by atoms with Crippen LogP contribution in [0, 0.1) is 11.6 Å². The number of halogens is 7. The van der Waals surface area contributed by atoms with Crippen molar-refractivity contribution in [3.63, 3.8) is 0 Å². The van der Waals surface area contributed by atoms with E-state index in [2.05, 4.69) is 10.3 Å². The van der Waals surface area contributed by atoms with Crippen molar-refractivity contribution in [1.82, 2.24) is 10.3 Å². The monoisotopic (exact) mass is 505 g/mol. The normalized spacial score (nSPS) is 11.2. The van der Waals surface area contributed by atoms with E-state index in [0.717, 1.165) is 24.3 Å². The molecule has 0 spiro atoms. The van der Waals surface area contributed by atoms with Crippen LogP contribution in [0.15, 0.2) is 42.6 Å². The van der Waals surface area contributed by atoms with Crippen LogP contribution in [0.25, 0.3) is 11.3 Å². The summed E-state index contributed by atoms with van der Waals surface area (Å²) in [6.45, 7) is 0. The number of nitrogens with one attached hydrogen (secondary N) is 2. The van der Waals surface area contributed by atoms with E-state index in [1.54, 1.807) is 5.32 Å². The molecule has 6 nitrogen and oxygen atoms in total. The summed E-state index contributed by atoms with van der Waals surface area (Å²) in [5.41, 5.74) is -3.12. The molecule has 0 saturated heterocycles. The number of rotatable bonds is 3. The van der Waals surface area contributed by atoms with Crippen molar-refractivity contribution < 1.29 is 36.6 Å². The molecule has 33 heavy (non-hydrogen) atoms. The second-order valence-electron chi connectivity index (χ2n) is 6.38. The number of pyridine rings is 1. The summed E-state index contributed by atoms with van der Waals surface area (Å²) in [4.78, 5) is 27.7. The first-order valence-electron chi connectivity index (χ1n) is 8.71. The van der Waals surface area contributed by atoms with Crippen LogP contribution < -0.4 is 10.6 Å². The molecule has 0 aliphatic heterocycles. The molecule has 3 N–H and O–H groups in total. The van der Waals surface area contributed by atoms with Gasteiger partial charge in [0.2, 0.25) is 0 Å². The van der Waals surface area contributed by atoms with E-state index in [1.807, 2.05) is 0 Å². The number of hydrogen-bond donors (Lipinski definition) is 3. The van der Waals surface area contributed by atoms with Crippen LogP contribution in [0.2, 0.25) is 10.0 Å². The van der Waals surface area contributed by atoms with E-state index in [4.69, 9.17) is 23.2 Å². The van der Waals surface area contributed by atoms with Gasteiger partial charge < -0.3 is 10.4 Å². The van der Waals surface area contributed by atoms with Gasteiger partial charge in [-0.3, -0.25) is 15.1 Å². The second kappa shape index (κ2) is 9.20. The number of anilines is 1. The van der Waals surface area contributed by atoms with Gasteiger partial charge in [0.1, 0.15) is 22.9 Å². The highest BCUT2D eigenvalue weighted by Crippen LogP contribution is 2.43. The van der Waals surface area contributed by atoms with Crippen molar-refractivity contribution >= 4 is 40.8 Å². The third-order valence-corrected chi connectivity index (χ3v) is 4.80. The number of aromatic hydroxyl groups is 1. The zero-order chi connectivity index (χ0) is 24.5. The van der Waals surface area contributed by atoms with Gasteiger partial charge in [0.25, 0.3) is 5.91 Å². The second-order valence-corrected chi connectivity index (χ2v) is 7.19. The number of urea groups is 1. The number of aromatic nitrogens is 1. The predicted molar refractivity (Wildman–Crippen MR) is 109 cm³/mol. The minimum absolute atomic E-state index is 0.169. The molecule has 3 aromatic rings. The van der Waals surface area contributed by atoms with Gasteiger partial charge in [-0.2, -0.15) is 13.2 Å². The number of benzene rings is 2. The van der Waals surface area contributed by atoms with Crippen LogP contribution in [-0.2, 0) is 6.18 Å². The van der Waals surface area contributed by atoms with Crippen molar-refractivity contribution in [1.29, 1.82) is 0 Å². The number of carbonyl (C=O) groups excluding carboxylic acids is 2. The van der Waals surface area contributed by atoms with Gasteiger partial charge in [-0.25, -0.2) is 13.6 Å². The van der Waals surface area contributed by atoms with Crippen LogP contribution in [0.4, 0.5) is 32.4 Å². The zero-order valence-corrected chi connectivity index (χ0v) is 17.4. The predicted octanol–water partition coefficient (Wildman–Crippen LogP) is 6.02. The number of amides is 3. The number of imide groups is 1. The Hall–Kier alpha value is -3.44. The molecule has 0 aliphatic rings. The lowest BCUT2D eigenvalue weighted by molar-refractivity contribution is -0.137. The summed E-state index contributed by atoms with van der Waals surface area (Å²) < 4.78 is 65.9. The van der Waals surface area contributed by atoms with Crippen molar-refractivity contribution in [3.8, 4) is 17.0 Å². The summed E-state index contributed by atoms with van der Waals surface area (Å²) in [5.74, 6) is -4.56. The fraction of sp³-hybridized carbons (Fsp3) is 0.0500. The van der Waals surface area contributed by atoms with Crippen LogP contribution >= 0.6 is 23.2 Å². The lowest BCUT2D eigenvalue weighted by Gasteiger charge is -2.15. The van der Waals surface area contributed by atoms with E-state index < -0.39 is 51.6 Å². The number of carbonyl (C=O) groups is 2. The maximum Gasteiger partial charge on any atom is 0.417 e. The first kappa shape index (κ1) is 24.2. The van der Waals surface area contributed by atoms with Crippen LogP contribution in [0.3, 0.4) is 0 Å². The van der Waals surface area contributed by atoms with Gasteiger partial charge in [0, 0.05) is 6.20 Å². The molecule has 3 rings (SSSR count). The molecule has 0 fully saturated rings. The summed E-state index contributed by atoms with van der Waals surface area (Å²) in [6.07, 6.45) is -4.24. The van der Waals surface area contributed by atoms with Crippen molar-refractivity contribution in [2.45, 2.75) is 6.18 Å². The van der Waals surface area contributed by atoms with Gasteiger partial charge in [0.05, 0.1) is 32.6 Å². The molecule has 0 radical (unpaired) electrons. The molecule has 0 unspecified atom stereocenters. The highest BCUT2D eigenvalue weighted by Gasteiger charge is 2.32. The largest absolute Gasteiger partial charge is 0.505 e. The number of phenolic OH excluding ortho intramolecular Hbond substituents is 1. The van der Waals surface area contributed by atoms with Crippen LogP contribution in [-0.4, -0.2) is 22.0 Å². The maximum absolute atomic E-state index is 13.7. The molecule has 0 aliphatic carbocycles. The molecule has 0 bridgehead atoms. The Morgan fingerprint density at radius 3 is 2.21 bits per heavy atom. The number of alkyl halides is 3. The Kier molecular flexibility index (Phi) is 6.75. The molecular weight excluding hydrogens is 496 g/mol. The van der Waals surface area contributed by atoms with Crippen molar-refractivity contribution in [2.75, 3.05) is 5.32 Å². The molecule has 1 heterocycles. The lowest BCUT2D eigenvalue weighted by atomic mass is 10.1. The molecule has 0 saturated carbocycles. The average Bonchev–Trinajstić information content (AvgIpc) is 2.70. The highest BCUT2D eigenvalue weighted by atomic mass is 35.5. The first-order valence-corrected chi connectivity index (χ1v) is 9.46. The Balaban J connectivity index is 1.89. The summed E-state index contributed by atoms with van der Waals surface area (Å²) >= 11 is 11.9. The smallest absolute Gasteiger partial charge is 0.417 e. The maximum atomic E-state index is 13.7. The van der Waals surface area contributed by atoms with Gasteiger partial charge in [0.15, 0.2) is 0 Å². The molecule has 2 aromatic carbocycles. The summed E-state index contributed by atoms with van der Waals surface area (Å²) in [7, 11) is 0. The molecule has 13 heteroatoms. The van der Waals surface area contributed by atoms with Crippen molar-refractivity contribution in [3.05, 3.63) is 75.4 Å². The minimum atomic E-state index is -4.72. The van der Waals surface area contributed by atoms with Crippen LogP contribution in [0.1, 0.15) is 15.9 Å². The molecular formula is C20H10Cl2F5N3O3. The molecule has 0 atom stereocenters. The third-order valence-electron chi connectivity index (χ3n) is 4.20. The average molecular weight is 506 g/mol. The molecule has 1 aromatic heterocycles. The van der Waals surface area contributed by atoms with Crippen molar-refractivity contribution in [2.24, 2.45) is 0 Å². The van der Waals surface area contributed by atoms with Gasteiger partial charge >= 0.3 is 12.2 Å². The topological polar surface area (TPSA) is 91.3 Å². The Morgan fingerprint density at radius 2 is 1.64 bits per heavy atom. The Labute approximate surface area is 192 Å². The van der Waals surface area contributed by atoms with E-state index in [9.17, 15) is 36.6 Å². The standard InChI is InChI=1S/C20H10Cl2F5N3O3/c21-9-4-5-13(29-19(33)30-18(32)15-11(23)2-1-3-12(15)24)17(31)14(9)16-10(22)6-8(7-28-16)20(25,26)27/h1-7,31H,(H2,29,30,32,33).